The molecule has 0 saturated carbocycles. The van der Waals surface area contributed by atoms with Crippen LogP contribution in [0.3, 0.4) is 0 Å². The molecule has 13 heteroatoms. The third-order valence-electron chi connectivity index (χ3n) is 5.31. The number of amides is 1. The van der Waals surface area contributed by atoms with Gasteiger partial charge in [-0.1, -0.05) is 35.6 Å². The lowest BCUT2D eigenvalue weighted by atomic mass is 10.0. The maximum absolute atomic E-state index is 13.2. The van der Waals surface area contributed by atoms with Gasteiger partial charge in [-0.25, -0.2) is 9.50 Å². The molecular formula is C23H25BrF2N6O3Si. The van der Waals surface area contributed by atoms with Crippen molar-refractivity contribution in [1.29, 1.82) is 0 Å². The van der Waals surface area contributed by atoms with Crippen LogP contribution in [0.4, 0.5) is 14.5 Å². The summed E-state index contributed by atoms with van der Waals surface area (Å²) in [6, 6.07) is 7.24. The molecule has 1 amide bonds. The van der Waals surface area contributed by atoms with Crippen molar-refractivity contribution in [1.82, 2.24) is 24.8 Å². The number of aromatic nitrogens is 5. The minimum Gasteiger partial charge on any atom is -0.434 e. The van der Waals surface area contributed by atoms with E-state index in [1.54, 1.807) is 30.6 Å². The van der Waals surface area contributed by atoms with Crippen molar-refractivity contribution >= 4 is 41.2 Å². The van der Waals surface area contributed by atoms with Crippen molar-refractivity contribution in [2.24, 2.45) is 0 Å². The number of carbonyl (C=O) groups excluding carboxylic acids is 1. The largest absolute Gasteiger partial charge is 0.434 e. The number of halogens is 3. The van der Waals surface area contributed by atoms with Crippen molar-refractivity contribution < 1.29 is 23.0 Å². The van der Waals surface area contributed by atoms with Crippen LogP contribution >= 0.6 is 15.9 Å². The van der Waals surface area contributed by atoms with Gasteiger partial charge in [0.05, 0.1) is 23.8 Å². The zero-order valence-electron chi connectivity index (χ0n) is 19.8. The Morgan fingerprint density at radius 2 is 2.08 bits per heavy atom. The average Bonchev–Trinajstić information content (AvgIpc) is 3.44. The molecule has 1 aromatic carbocycles. The molecule has 0 aliphatic carbocycles. The molecule has 190 valence electrons. The van der Waals surface area contributed by atoms with Gasteiger partial charge in [-0.15, -0.1) is 0 Å². The first-order chi connectivity index (χ1) is 17.1. The lowest BCUT2D eigenvalue weighted by Crippen LogP contribution is -2.23. The van der Waals surface area contributed by atoms with Crippen LogP contribution in [-0.2, 0) is 4.74 Å². The second-order valence-electron chi connectivity index (χ2n) is 9.22. The minimum atomic E-state index is -3.02. The smallest absolute Gasteiger partial charge is 0.387 e. The number of aromatic amines is 1. The molecule has 1 atom stereocenters. The van der Waals surface area contributed by atoms with Gasteiger partial charge in [0.15, 0.2) is 5.65 Å². The predicted molar refractivity (Wildman–Crippen MR) is 136 cm³/mol. The lowest BCUT2D eigenvalue weighted by Gasteiger charge is -2.23. The van der Waals surface area contributed by atoms with Crippen LogP contribution in [0.2, 0.25) is 25.7 Å². The summed E-state index contributed by atoms with van der Waals surface area (Å²) in [5.41, 5.74) is 1.74. The van der Waals surface area contributed by atoms with E-state index >= 15 is 0 Å². The Labute approximate surface area is 215 Å². The molecule has 36 heavy (non-hydrogen) atoms. The van der Waals surface area contributed by atoms with Crippen LogP contribution in [0.5, 0.6) is 5.75 Å². The molecular weight excluding hydrogens is 554 g/mol. The van der Waals surface area contributed by atoms with Crippen LogP contribution in [0.15, 0.2) is 53.5 Å². The van der Waals surface area contributed by atoms with E-state index in [0.29, 0.717) is 33.7 Å². The maximum Gasteiger partial charge on any atom is 0.387 e. The van der Waals surface area contributed by atoms with E-state index < -0.39 is 26.7 Å². The molecule has 0 spiro atoms. The van der Waals surface area contributed by atoms with Crippen molar-refractivity contribution in [2.75, 3.05) is 11.9 Å². The third kappa shape index (κ3) is 6.15. The maximum atomic E-state index is 13.2. The number of alkyl halides is 2. The summed E-state index contributed by atoms with van der Waals surface area (Å²) in [5, 5.41) is 13.9. The zero-order valence-corrected chi connectivity index (χ0v) is 22.4. The number of fused-ring (bicyclic) bond motifs is 1. The zero-order chi connectivity index (χ0) is 25.9. The van der Waals surface area contributed by atoms with Crippen LogP contribution in [-0.4, -0.2) is 52.0 Å². The molecule has 4 rings (SSSR count). The van der Waals surface area contributed by atoms with Gasteiger partial charge in [-0.3, -0.25) is 9.89 Å². The number of ether oxygens (including phenoxy) is 2. The summed E-state index contributed by atoms with van der Waals surface area (Å²) in [5.74, 6) is -0.490. The number of anilines is 1. The van der Waals surface area contributed by atoms with E-state index in [9.17, 15) is 13.6 Å². The van der Waals surface area contributed by atoms with E-state index in [2.05, 4.69) is 61.2 Å². The van der Waals surface area contributed by atoms with Crippen LogP contribution < -0.4 is 10.1 Å². The fourth-order valence-corrected chi connectivity index (χ4v) is 4.62. The number of H-pyrrole nitrogens is 1. The summed E-state index contributed by atoms with van der Waals surface area (Å²) in [6.45, 7) is 3.99. The van der Waals surface area contributed by atoms with Gasteiger partial charge in [0.1, 0.15) is 17.4 Å². The highest BCUT2D eigenvalue weighted by Gasteiger charge is 2.28. The molecule has 1 unspecified atom stereocenters. The Morgan fingerprint density at radius 1 is 1.28 bits per heavy atom. The number of benzene rings is 1. The standard InChI is InChI=1S/C23H25BrF2N6O3Si/c1-36(2,3)10-9-34-20(15-11-14(24)5-6-18(15)35-23(25)26)19-17(13-28-31-19)30-22(33)16-12-29-32-8-4-7-27-21(16)32/h4-8,11-13,20,23H,9-10H2,1-3H3,(H,28,31)(H,30,33). The van der Waals surface area contributed by atoms with Crippen LogP contribution in [0.1, 0.15) is 27.7 Å². The highest BCUT2D eigenvalue weighted by Crippen LogP contribution is 2.38. The molecule has 2 N–H and O–H groups in total. The monoisotopic (exact) mass is 578 g/mol. The molecule has 3 aromatic heterocycles. The molecule has 0 radical (unpaired) electrons. The minimum absolute atomic E-state index is 0.0371. The number of hydrogen-bond acceptors (Lipinski definition) is 6. The molecule has 0 aliphatic heterocycles. The van der Waals surface area contributed by atoms with Gasteiger partial charge in [0, 0.05) is 37.1 Å². The Bertz CT molecular complexity index is 1360. The normalized spacial score (nSPS) is 12.8. The first-order valence-corrected chi connectivity index (χ1v) is 15.6. The number of hydrogen-bond donors (Lipinski definition) is 2. The molecule has 0 fully saturated rings. The van der Waals surface area contributed by atoms with E-state index in [1.807, 2.05) is 0 Å². The summed E-state index contributed by atoms with van der Waals surface area (Å²) in [4.78, 5) is 17.3. The van der Waals surface area contributed by atoms with Gasteiger partial charge < -0.3 is 14.8 Å². The SMILES string of the molecule is C[Si](C)(C)CCOC(c1cc(Br)ccc1OC(F)F)c1[nH]ncc1NC(=O)c1cnn2cccnc12. The summed E-state index contributed by atoms with van der Waals surface area (Å²) in [7, 11) is -1.46. The van der Waals surface area contributed by atoms with Crippen molar-refractivity contribution in [3.05, 3.63) is 70.3 Å². The summed E-state index contributed by atoms with van der Waals surface area (Å²) in [6.07, 6.45) is 5.24. The van der Waals surface area contributed by atoms with Gasteiger partial charge in [0.2, 0.25) is 0 Å². The predicted octanol–water partition coefficient (Wildman–Crippen LogP) is 5.51. The lowest BCUT2D eigenvalue weighted by molar-refractivity contribution is -0.0519. The first-order valence-electron chi connectivity index (χ1n) is 11.1. The second kappa shape index (κ2) is 10.8. The van der Waals surface area contributed by atoms with Crippen LogP contribution in [0, 0.1) is 0 Å². The molecule has 0 aliphatic rings. The fraction of sp³-hybridized carbons (Fsp3) is 0.304. The van der Waals surface area contributed by atoms with Gasteiger partial charge in [-0.05, 0) is 30.3 Å². The Hall–Kier alpha value is -3.16. The van der Waals surface area contributed by atoms with E-state index in [1.165, 1.54) is 23.0 Å². The van der Waals surface area contributed by atoms with Crippen molar-refractivity contribution in [3.63, 3.8) is 0 Å². The van der Waals surface area contributed by atoms with E-state index in [0.717, 1.165) is 6.04 Å². The average molecular weight is 579 g/mol. The molecule has 9 nitrogen and oxygen atoms in total. The Morgan fingerprint density at radius 3 is 2.83 bits per heavy atom. The molecule has 3 heterocycles. The van der Waals surface area contributed by atoms with Gasteiger partial charge in [0.25, 0.3) is 5.91 Å². The number of rotatable bonds is 10. The van der Waals surface area contributed by atoms with Crippen molar-refractivity contribution in [2.45, 2.75) is 38.4 Å². The number of nitrogens with zero attached hydrogens (tertiary/aromatic N) is 4. The Kier molecular flexibility index (Phi) is 7.81. The van der Waals surface area contributed by atoms with Gasteiger partial charge >= 0.3 is 6.61 Å². The van der Waals surface area contributed by atoms with Gasteiger partial charge in [-0.2, -0.15) is 19.0 Å². The first kappa shape index (κ1) is 25.9. The highest BCUT2D eigenvalue weighted by molar-refractivity contribution is 9.10. The quantitative estimate of drug-likeness (QED) is 0.240. The molecule has 0 saturated heterocycles. The Balaban J connectivity index is 1.69. The topological polar surface area (TPSA) is 106 Å². The molecule has 0 bridgehead atoms. The van der Waals surface area contributed by atoms with E-state index in [-0.39, 0.29) is 11.3 Å². The van der Waals surface area contributed by atoms with E-state index in [4.69, 9.17) is 9.47 Å². The number of nitrogens with one attached hydrogen (secondary N) is 2. The van der Waals surface area contributed by atoms with Crippen LogP contribution in [0.25, 0.3) is 5.65 Å². The second-order valence-corrected chi connectivity index (χ2v) is 15.8. The highest BCUT2D eigenvalue weighted by atomic mass is 79.9. The molecule has 4 aromatic rings. The van der Waals surface area contributed by atoms with Crippen molar-refractivity contribution in [3.8, 4) is 5.75 Å². The fourth-order valence-electron chi connectivity index (χ4n) is 3.51. The summed E-state index contributed by atoms with van der Waals surface area (Å²) >= 11 is 3.40. The third-order valence-corrected chi connectivity index (χ3v) is 7.51. The number of carbonyl (C=O) groups is 1. The summed E-state index contributed by atoms with van der Waals surface area (Å²) < 4.78 is 39.6.